The summed E-state index contributed by atoms with van der Waals surface area (Å²) in [5.74, 6) is -2.31. The van der Waals surface area contributed by atoms with E-state index in [2.05, 4.69) is 148 Å². The molecule has 0 heterocycles. The predicted octanol–water partition coefficient (Wildman–Crippen LogP) is 18.5. The highest BCUT2D eigenvalue weighted by Gasteiger charge is 2.22. The second-order valence-corrected chi connectivity index (χ2v) is 22.3. The zero-order valence-electron chi connectivity index (χ0n) is 52.4. The van der Waals surface area contributed by atoms with Crippen LogP contribution in [0, 0.1) is 0 Å². The Bertz CT molecular complexity index is 1790. The minimum Gasteiger partial charge on any atom is -0.545 e. The molecule has 0 aromatic carbocycles. The molecule has 0 bridgehead atoms. The van der Waals surface area contributed by atoms with Crippen molar-refractivity contribution in [3.8, 4) is 0 Å². The topological polar surface area (TPSA) is 111 Å². The van der Waals surface area contributed by atoms with E-state index >= 15 is 0 Å². The molecule has 0 aliphatic rings. The summed E-state index contributed by atoms with van der Waals surface area (Å²) in [4.78, 5) is 37.3. The fourth-order valence-corrected chi connectivity index (χ4v) is 8.44. The summed E-state index contributed by atoms with van der Waals surface area (Å²) < 4.78 is 22.7. The summed E-state index contributed by atoms with van der Waals surface area (Å²) in [5.41, 5.74) is 0. The standard InChI is InChI=1S/C72H119NO8/c1-6-8-10-12-14-16-18-20-22-24-25-26-27-28-29-30-31-32-33-34-35-36-37-38-39-40-41-42-43-44-45-47-49-51-53-55-57-59-61-63-70(75)81-68(67-80-72(71(76)77)78-65-64-73(3,4)5)66-79-69(74)62-60-58-56-54-52-50-48-46-23-21-19-17-15-13-11-9-7-2/h8,10,14,16,20-23,25-26,28-29,31-32,34-35,37-38,40-41,43-44,68,72H,6-7,9,11-13,15,17-19,24,27,30,33,36,39,42,45-67H2,1-5H3/b10-8-,16-14-,22-20-,23-21-,26-25-,29-28-,32-31-,35-34-,38-37-,41-40-,44-43-. The third-order valence-corrected chi connectivity index (χ3v) is 13.4. The summed E-state index contributed by atoms with van der Waals surface area (Å²) in [6.07, 6.45) is 85.1. The molecule has 2 unspecified atom stereocenters. The maximum Gasteiger partial charge on any atom is 0.306 e. The van der Waals surface area contributed by atoms with Gasteiger partial charge in [-0.3, -0.25) is 9.59 Å². The molecule has 0 amide bonds. The van der Waals surface area contributed by atoms with E-state index in [1.807, 2.05) is 21.1 Å². The number of likely N-dealkylation sites (N-methyl/N-ethyl adjacent to an activating group) is 1. The Hall–Kier alpha value is -4.57. The van der Waals surface area contributed by atoms with E-state index in [0.717, 1.165) is 122 Å². The molecule has 0 saturated heterocycles. The average molecular weight is 1130 g/mol. The summed E-state index contributed by atoms with van der Waals surface area (Å²) in [7, 11) is 5.91. The number of carbonyl (C=O) groups is 3. The van der Waals surface area contributed by atoms with Crippen molar-refractivity contribution in [2.24, 2.45) is 0 Å². The van der Waals surface area contributed by atoms with Gasteiger partial charge in [-0.1, -0.05) is 250 Å². The van der Waals surface area contributed by atoms with Gasteiger partial charge in [0.25, 0.3) is 0 Å². The summed E-state index contributed by atoms with van der Waals surface area (Å²) in [6.45, 7) is 4.61. The van der Waals surface area contributed by atoms with E-state index in [1.165, 1.54) is 89.9 Å². The largest absolute Gasteiger partial charge is 0.545 e. The highest BCUT2D eigenvalue weighted by atomic mass is 16.7. The second-order valence-electron chi connectivity index (χ2n) is 22.3. The van der Waals surface area contributed by atoms with Gasteiger partial charge in [-0.2, -0.15) is 0 Å². The molecule has 0 spiro atoms. The zero-order chi connectivity index (χ0) is 59.1. The molecule has 0 fully saturated rings. The molecule has 9 nitrogen and oxygen atoms in total. The summed E-state index contributed by atoms with van der Waals surface area (Å²) in [6, 6.07) is 0. The van der Waals surface area contributed by atoms with Gasteiger partial charge in [0.05, 0.1) is 40.3 Å². The molecular weight excluding hydrogens is 1010 g/mol. The van der Waals surface area contributed by atoms with Crippen molar-refractivity contribution < 1.29 is 42.9 Å². The Morgan fingerprint density at radius 3 is 1.06 bits per heavy atom. The number of allylic oxidation sites excluding steroid dienone is 22. The second kappa shape index (κ2) is 61.5. The number of rotatable bonds is 58. The number of hydrogen-bond donors (Lipinski definition) is 0. The van der Waals surface area contributed by atoms with Gasteiger partial charge in [-0.15, -0.1) is 0 Å². The van der Waals surface area contributed by atoms with Crippen molar-refractivity contribution in [1.82, 2.24) is 0 Å². The maximum atomic E-state index is 12.9. The number of carboxylic acids is 1. The number of esters is 2. The van der Waals surface area contributed by atoms with Gasteiger partial charge < -0.3 is 33.3 Å². The van der Waals surface area contributed by atoms with E-state index in [-0.39, 0.29) is 38.6 Å². The molecule has 0 radical (unpaired) electrons. The highest BCUT2D eigenvalue weighted by molar-refractivity contribution is 5.70. The van der Waals surface area contributed by atoms with Crippen molar-refractivity contribution >= 4 is 17.9 Å². The number of aliphatic carboxylic acids is 1. The van der Waals surface area contributed by atoms with Crippen LogP contribution in [-0.4, -0.2) is 82.3 Å². The third-order valence-electron chi connectivity index (χ3n) is 13.4. The van der Waals surface area contributed by atoms with E-state index in [0.29, 0.717) is 17.4 Å². The first-order chi connectivity index (χ1) is 39.6. The van der Waals surface area contributed by atoms with Crippen LogP contribution in [0.5, 0.6) is 0 Å². The lowest BCUT2D eigenvalue weighted by molar-refractivity contribution is -0.870. The van der Waals surface area contributed by atoms with Crippen LogP contribution in [0.15, 0.2) is 134 Å². The van der Waals surface area contributed by atoms with Crippen LogP contribution in [0.1, 0.15) is 245 Å². The number of unbranched alkanes of at least 4 members (excludes halogenated alkanes) is 21. The number of quaternary nitrogens is 1. The lowest BCUT2D eigenvalue weighted by atomic mass is 10.1. The third kappa shape index (κ3) is 62.9. The van der Waals surface area contributed by atoms with Gasteiger partial charge in [-0.25, -0.2) is 0 Å². The normalized spacial score (nSPS) is 13.6. The van der Waals surface area contributed by atoms with Crippen LogP contribution in [0.3, 0.4) is 0 Å². The molecule has 81 heavy (non-hydrogen) atoms. The first-order valence-corrected chi connectivity index (χ1v) is 32.3. The van der Waals surface area contributed by atoms with Gasteiger partial charge >= 0.3 is 11.9 Å². The van der Waals surface area contributed by atoms with Crippen molar-refractivity contribution in [1.29, 1.82) is 0 Å². The van der Waals surface area contributed by atoms with E-state index in [4.69, 9.17) is 18.9 Å². The quantitative estimate of drug-likeness (QED) is 0.0195. The molecule has 0 aliphatic carbocycles. The minimum atomic E-state index is -1.63. The smallest absolute Gasteiger partial charge is 0.306 e. The Morgan fingerprint density at radius 1 is 0.383 bits per heavy atom. The SMILES string of the molecule is CC/C=C\C/C=C\C/C=C\C/C=C\C/C=C\C/C=C\C/C=C\C/C=C\C/C=C\C/C=C\CCCCCCCCCCC(=O)OC(COC(=O)CCCCCCCCC/C=C\CCCCCCCC)COC(OCC[N+](C)(C)C)C(=O)[O-]. The van der Waals surface area contributed by atoms with E-state index in [9.17, 15) is 19.5 Å². The maximum absolute atomic E-state index is 12.9. The molecule has 460 valence electrons. The lowest BCUT2D eigenvalue weighted by Crippen LogP contribution is -2.44. The first kappa shape index (κ1) is 76.4. The molecule has 0 saturated carbocycles. The molecule has 0 aromatic rings. The minimum absolute atomic E-state index is 0.139. The molecular formula is C72H119NO8. The van der Waals surface area contributed by atoms with Crippen molar-refractivity contribution in [3.05, 3.63) is 134 Å². The van der Waals surface area contributed by atoms with Crippen LogP contribution >= 0.6 is 0 Å². The Morgan fingerprint density at radius 2 is 0.704 bits per heavy atom. The molecule has 0 aliphatic heterocycles. The molecule has 9 heteroatoms. The molecule has 2 atom stereocenters. The monoisotopic (exact) mass is 1130 g/mol. The molecule has 0 aromatic heterocycles. The van der Waals surface area contributed by atoms with Crippen molar-refractivity contribution in [2.75, 3.05) is 47.5 Å². The summed E-state index contributed by atoms with van der Waals surface area (Å²) >= 11 is 0. The lowest BCUT2D eigenvalue weighted by Gasteiger charge is -2.26. The first-order valence-electron chi connectivity index (χ1n) is 32.3. The van der Waals surface area contributed by atoms with Crippen LogP contribution in [0.4, 0.5) is 0 Å². The molecule has 0 N–H and O–H groups in total. The van der Waals surface area contributed by atoms with Crippen LogP contribution in [0.2, 0.25) is 0 Å². The number of ether oxygens (including phenoxy) is 4. The fourth-order valence-electron chi connectivity index (χ4n) is 8.44. The average Bonchev–Trinajstić information content (AvgIpc) is 3.44. The van der Waals surface area contributed by atoms with Gasteiger partial charge in [-0.05, 0) is 116 Å². The predicted molar refractivity (Wildman–Crippen MR) is 343 cm³/mol. The number of nitrogens with zero attached hydrogens (tertiary/aromatic N) is 1. The van der Waals surface area contributed by atoms with Gasteiger partial charge in [0.2, 0.25) is 0 Å². The Labute approximate surface area is 497 Å². The van der Waals surface area contributed by atoms with Crippen LogP contribution < -0.4 is 5.11 Å². The van der Waals surface area contributed by atoms with Gasteiger partial charge in [0, 0.05) is 12.8 Å². The van der Waals surface area contributed by atoms with Crippen LogP contribution in [-0.2, 0) is 33.3 Å². The van der Waals surface area contributed by atoms with Crippen LogP contribution in [0.25, 0.3) is 0 Å². The highest BCUT2D eigenvalue weighted by Crippen LogP contribution is 2.15. The summed E-state index contributed by atoms with van der Waals surface area (Å²) in [5, 5.41) is 11.8. The zero-order valence-corrected chi connectivity index (χ0v) is 52.4. The number of carboxylic acid groups (broad SMARTS) is 1. The fraction of sp³-hybridized carbons (Fsp3) is 0.653. The van der Waals surface area contributed by atoms with E-state index < -0.39 is 24.3 Å². The van der Waals surface area contributed by atoms with E-state index in [1.54, 1.807) is 0 Å². The Balaban J connectivity index is 4.19. The van der Waals surface area contributed by atoms with Crippen molar-refractivity contribution in [2.45, 2.75) is 257 Å². The Kier molecular flexibility index (Phi) is 58.0. The van der Waals surface area contributed by atoms with Crippen molar-refractivity contribution in [3.63, 3.8) is 0 Å². The van der Waals surface area contributed by atoms with Gasteiger partial charge in [0.1, 0.15) is 13.2 Å². The number of carbonyl (C=O) groups excluding carboxylic acids is 3. The van der Waals surface area contributed by atoms with Gasteiger partial charge in [0.15, 0.2) is 12.4 Å². The number of hydrogen-bond acceptors (Lipinski definition) is 8. The molecule has 0 rings (SSSR count).